The Morgan fingerprint density at radius 1 is 1.18 bits per heavy atom. The highest BCUT2D eigenvalue weighted by Crippen LogP contribution is 2.27. The van der Waals surface area contributed by atoms with E-state index >= 15 is 0 Å². The zero-order chi connectivity index (χ0) is 16.1. The molecule has 2 rings (SSSR count). The molecule has 0 aromatic heterocycles. The van der Waals surface area contributed by atoms with Gasteiger partial charge >= 0.3 is 5.97 Å². The summed E-state index contributed by atoms with van der Waals surface area (Å²) in [6, 6.07) is 12.0. The summed E-state index contributed by atoms with van der Waals surface area (Å²) in [6.45, 7) is 1.86. The summed E-state index contributed by atoms with van der Waals surface area (Å²) >= 11 is 7.24. The smallest absolute Gasteiger partial charge is 0.336 e. The van der Waals surface area contributed by atoms with E-state index in [2.05, 4.69) is 5.32 Å². The third-order valence-electron chi connectivity index (χ3n) is 2.96. The van der Waals surface area contributed by atoms with Gasteiger partial charge in [0.15, 0.2) is 0 Å². The average molecular weight is 336 g/mol. The quantitative estimate of drug-likeness (QED) is 0.808. The third-order valence-corrected chi connectivity index (χ3v) is 4.35. The number of aryl methyl sites for hydroxylation is 1. The van der Waals surface area contributed by atoms with Crippen LogP contribution in [-0.4, -0.2) is 22.7 Å². The number of carboxylic acids is 1. The number of carboxylic acid groups (broad SMARTS) is 1. The zero-order valence-corrected chi connectivity index (χ0v) is 13.4. The number of rotatable bonds is 5. The van der Waals surface area contributed by atoms with Gasteiger partial charge in [0.25, 0.3) is 0 Å². The second kappa shape index (κ2) is 7.33. The van der Waals surface area contributed by atoms with E-state index in [-0.39, 0.29) is 17.2 Å². The Hall–Kier alpha value is -1.98. The second-order valence-electron chi connectivity index (χ2n) is 4.57. The van der Waals surface area contributed by atoms with Gasteiger partial charge in [-0.2, -0.15) is 0 Å². The van der Waals surface area contributed by atoms with Crippen LogP contribution in [0.5, 0.6) is 0 Å². The van der Waals surface area contributed by atoms with Crippen molar-refractivity contribution in [2.75, 3.05) is 11.1 Å². The average Bonchev–Trinajstić information content (AvgIpc) is 2.49. The fourth-order valence-electron chi connectivity index (χ4n) is 1.88. The fraction of sp³-hybridized carbons (Fsp3) is 0.125. The first-order valence-corrected chi connectivity index (χ1v) is 7.85. The number of benzene rings is 2. The minimum Gasteiger partial charge on any atom is -0.478 e. The minimum absolute atomic E-state index is 0.106. The number of hydrogen-bond donors (Lipinski definition) is 2. The molecule has 1 amide bonds. The third kappa shape index (κ3) is 4.02. The van der Waals surface area contributed by atoms with E-state index in [1.165, 1.54) is 17.8 Å². The van der Waals surface area contributed by atoms with Crippen molar-refractivity contribution < 1.29 is 14.7 Å². The van der Waals surface area contributed by atoms with Gasteiger partial charge < -0.3 is 10.4 Å². The SMILES string of the molecule is Cc1cccc(Cl)c1NC(=O)CSc1ccccc1C(=O)O. The molecule has 0 spiro atoms. The molecule has 2 aromatic rings. The molecule has 0 aliphatic heterocycles. The standard InChI is InChI=1S/C16H14ClNO3S/c1-10-5-4-7-12(17)15(10)18-14(19)9-22-13-8-3-2-6-11(13)16(20)21/h2-8H,9H2,1H3,(H,18,19)(H,20,21). The van der Waals surface area contributed by atoms with E-state index in [1.807, 2.05) is 19.1 Å². The van der Waals surface area contributed by atoms with Crippen LogP contribution in [0.25, 0.3) is 0 Å². The number of amides is 1. The van der Waals surface area contributed by atoms with E-state index in [9.17, 15) is 9.59 Å². The molecular weight excluding hydrogens is 322 g/mol. The highest BCUT2D eigenvalue weighted by molar-refractivity contribution is 8.00. The van der Waals surface area contributed by atoms with E-state index in [0.29, 0.717) is 15.6 Å². The summed E-state index contributed by atoms with van der Waals surface area (Å²) in [5.41, 5.74) is 1.65. The fourth-order valence-corrected chi connectivity index (χ4v) is 2.99. The molecule has 0 fully saturated rings. The molecule has 2 aromatic carbocycles. The van der Waals surface area contributed by atoms with Crippen LogP contribution in [0.4, 0.5) is 5.69 Å². The molecule has 0 heterocycles. The number of aromatic carboxylic acids is 1. The molecule has 0 aliphatic carbocycles. The summed E-state index contributed by atoms with van der Waals surface area (Å²) in [5.74, 6) is -1.14. The minimum atomic E-state index is -1.01. The Balaban J connectivity index is 2.04. The number of anilines is 1. The number of halogens is 1. The molecule has 0 atom stereocenters. The molecule has 22 heavy (non-hydrogen) atoms. The molecule has 6 heteroatoms. The number of carbonyl (C=O) groups excluding carboxylic acids is 1. The molecule has 114 valence electrons. The lowest BCUT2D eigenvalue weighted by Crippen LogP contribution is -2.15. The van der Waals surface area contributed by atoms with Crippen molar-refractivity contribution in [1.82, 2.24) is 0 Å². The van der Waals surface area contributed by atoms with Crippen LogP contribution in [0.1, 0.15) is 15.9 Å². The van der Waals surface area contributed by atoms with E-state index in [0.717, 1.165) is 5.56 Å². The molecule has 0 saturated carbocycles. The maximum absolute atomic E-state index is 12.0. The van der Waals surface area contributed by atoms with E-state index in [4.69, 9.17) is 16.7 Å². The summed E-state index contributed by atoms with van der Waals surface area (Å²) in [7, 11) is 0. The number of nitrogens with one attached hydrogen (secondary N) is 1. The van der Waals surface area contributed by atoms with Gasteiger partial charge in [0.2, 0.25) is 5.91 Å². The topological polar surface area (TPSA) is 66.4 Å². The van der Waals surface area contributed by atoms with E-state index in [1.54, 1.807) is 24.3 Å². The Morgan fingerprint density at radius 3 is 2.59 bits per heavy atom. The molecule has 4 nitrogen and oxygen atoms in total. The van der Waals surface area contributed by atoms with Gasteiger partial charge in [0, 0.05) is 4.90 Å². The van der Waals surface area contributed by atoms with Crippen LogP contribution in [-0.2, 0) is 4.79 Å². The summed E-state index contributed by atoms with van der Waals surface area (Å²) < 4.78 is 0. The normalized spacial score (nSPS) is 10.3. The van der Waals surface area contributed by atoms with Gasteiger partial charge in [-0.25, -0.2) is 4.79 Å². The van der Waals surface area contributed by atoms with Crippen LogP contribution < -0.4 is 5.32 Å². The Morgan fingerprint density at radius 2 is 1.91 bits per heavy atom. The molecule has 2 N–H and O–H groups in total. The van der Waals surface area contributed by atoms with Crippen LogP contribution in [0.15, 0.2) is 47.4 Å². The van der Waals surface area contributed by atoms with Crippen LogP contribution in [0.3, 0.4) is 0 Å². The van der Waals surface area contributed by atoms with Gasteiger partial charge in [-0.15, -0.1) is 11.8 Å². The first-order chi connectivity index (χ1) is 10.5. The monoisotopic (exact) mass is 335 g/mol. The van der Waals surface area contributed by atoms with E-state index < -0.39 is 5.97 Å². The lowest BCUT2D eigenvalue weighted by Gasteiger charge is -2.10. The van der Waals surface area contributed by atoms with Gasteiger partial charge in [0.05, 0.1) is 22.0 Å². The van der Waals surface area contributed by atoms with Crippen LogP contribution in [0.2, 0.25) is 5.02 Å². The Bertz CT molecular complexity index is 698. The van der Waals surface area contributed by atoms with Crippen LogP contribution in [0, 0.1) is 6.92 Å². The number of thioether (sulfide) groups is 1. The number of para-hydroxylation sites is 1. The predicted octanol–water partition coefficient (Wildman–Crippen LogP) is 4.08. The molecule has 0 saturated heterocycles. The van der Waals surface area contributed by atoms with Gasteiger partial charge in [0.1, 0.15) is 0 Å². The lowest BCUT2D eigenvalue weighted by molar-refractivity contribution is -0.113. The highest BCUT2D eigenvalue weighted by atomic mass is 35.5. The number of carbonyl (C=O) groups is 2. The van der Waals surface area contributed by atoms with Gasteiger partial charge in [-0.05, 0) is 30.7 Å². The van der Waals surface area contributed by atoms with Crippen molar-refractivity contribution in [3.8, 4) is 0 Å². The number of hydrogen-bond acceptors (Lipinski definition) is 3. The summed E-state index contributed by atoms with van der Waals surface area (Å²) in [4.78, 5) is 23.7. The van der Waals surface area contributed by atoms with Crippen molar-refractivity contribution in [1.29, 1.82) is 0 Å². The van der Waals surface area contributed by atoms with Crippen molar-refractivity contribution >= 4 is 40.9 Å². The highest BCUT2D eigenvalue weighted by Gasteiger charge is 2.12. The molecular formula is C16H14ClNO3S. The van der Waals surface area contributed by atoms with Gasteiger partial charge in [-0.1, -0.05) is 35.9 Å². The van der Waals surface area contributed by atoms with Crippen LogP contribution >= 0.6 is 23.4 Å². The Labute approximate surface area is 137 Å². The van der Waals surface area contributed by atoms with Gasteiger partial charge in [-0.3, -0.25) is 4.79 Å². The molecule has 0 aliphatic rings. The predicted molar refractivity (Wildman–Crippen MR) is 88.9 cm³/mol. The summed E-state index contributed by atoms with van der Waals surface area (Å²) in [6.07, 6.45) is 0. The van der Waals surface area contributed by atoms with Crippen molar-refractivity contribution in [3.05, 3.63) is 58.6 Å². The molecule has 0 unspecified atom stereocenters. The maximum Gasteiger partial charge on any atom is 0.336 e. The first kappa shape index (κ1) is 16.4. The largest absolute Gasteiger partial charge is 0.478 e. The maximum atomic E-state index is 12.0. The van der Waals surface area contributed by atoms with Crippen molar-refractivity contribution in [2.45, 2.75) is 11.8 Å². The van der Waals surface area contributed by atoms with Crippen molar-refractivity contribution in [2.24, 2.45) is 0 Å². The van der Waals surface area contributed by atoms with Crippen molar-refractivity contribution in [3.63, 3.8) is 0 Å². The Kier molecular flexibility index (Phi) is 5.46. The molecule has 0 radical (unpaired) electrons. The second-order valence-corrected chi connectivity index (χ2v) is 5.99. The zero-order valence-electron chi connectivity index (χ0n) is 11.8. The lowest BCUT2D eigenvalue weighted by atomic mass is 10.2. The summed E-state index contributed by atoms with van der Waals surface area (Å²) in [5, 5.41) is 12.3. The first-order valence-electron chi connectivity index (χ1n) is 6.49. The molecule has 0 bridgehead atoms.